The lowest BCUT2D eigenvalue weighted by molar-refractivity contribution is -0.274. The number of benzene rings is 2. The van der Waals surface area contributed by atoms with E-state index >= 15 is 0 Å². The first-order valence-electron chi connectivity index (χ1n) is 11.8. The molecule has 1 N–H and O–H groups in total. The zero-order valence-electron chi connectivity index (χ0n) is 20.0. The Balaban J connectivity index is 1.14. The number of unbranched alkanes of at least 4 members (excludes halogenated alkanes) is 1. The molecule has 0 radical (unpaired) electrons. The van der Waals surface area contributed by atoms with E-state index in [1.807, 2.05) is 18.2 Å². The van der Waals surface area contributed by atoms with Gasteiger partial charge in [0.2, 0.25) is 0 Å². The molecule has 2 aromatic carbocycles. The third-order valence-electron chi connectivity index (χ3n) is 5.86. The Labute approximate surface area is 216 Å². The van der Waals surface area contributed by atoms with E-state index in [-0.39, 0.29) is 5.75 Å². The molecule has 0 atom stereocenters. The maximum atomic E-state index is 12.3. The van der Waals surface area contributed by atoms with E-state index in [1.54, 1.807) is 36.0 Å². The standard InChI is InChI=1S/C28H24F3N3O2S/c1-18-16-24-26(33-25(34-27(24)37-18)22-13-15-35-17-22)32-14-3-2-4-19-5-7-20(8-6-19)21-9-11-23(12-10-21)36-28(29,30)31/h5-13,15-17H,2-4,14H2,1H3,(H,32,33,34). The minimum atomic E-state index is -4.69. The van der Waals surface area contributed by atoms with Crippen molar-refractivity contribution in [3.63, 3.8) is 0 Å². The Morgan fingerprint density at radius 3 is 2.32 bits per heavy atom. The number of rotatable bonds is 9. The van der Waals surface area contributed by atoms with E-state index in [2.05, 4.69) is 40.2 Å². The SMILES string of the molecule is Cc1cc2c(NCCCCc3ccc(-c4ccc(OC(F)(F)F)cc4)cc3)nc(-c3ccoc3)nc2s1. The molecule has 0 fully saturated rings. The van der Waals surface area contributed by atoms with E-state index in [9.17, 15) is 13.2 Å². The van der Waals surface area contributed by atoms with E-state index in [0.29, 0.717) is 5.82 Å². The summed E-state index contributed by atoms with van der Waals surface area (Å²) in [6.07, 6.45) is 1.47. The van der Waals surface area contributed by atoms with Crippen molar-refractivity contribution in [2.45, 2.75) is 32.5 Å². The normalized spacial score (nSPS) is 11.7. The van der Waals surface area contributed by atoms with Crippen LogP contribution in [0, 0.1) is 6.92 Å². The molecule has 5 aromatic rings. The molecule has 5 rings (SSSR count). The molecule has 0 bridgehead atoms. The Hall–Kier alpha value is -3.85. The molecular formula is C28H24F3N3O2S. The lowest BCUT2D eigenvalue weighted by Gasteiger charge is -2.10. The van der Waals surface area contributed by atoms with E-state index in [4.69, 9.17) is 9.40 Å². The van der Waals surface area contributed by atoms with E-state index < -0.39 is 6.36 Å². The second kappa shape index (κ2) is 10.6. The number of nitrogens with zero attached hydrogens (tertiary/aromatic N) is 2. The lowest BCUT2D eigenvalue weighted by atomic mass is 10.0. The van der Waals surface area contributed by atoms with Gasteiger partial charge in [0, 0.05) is 11.4 Å². The van der Waals surface area contributed by atoms with Gasteiger partial charge < -0.3 is 14.5 Å². The van der Waals surface area contributed by atoms with Gasteiger partial charge in [-0.3, -0.25) is 0 Å². The number of thiophene rings is 1. The molecule has 190 valence electrons. The summed E-state index contributed by atoms with van der Waals surface area (Å²) in [6, 6.07) is 18.0. The van der Waals surface area contributed by atoms with Crippen molar-refractivity contribution in [2.24, 2.45) is 0 Å². The number of anilines is 1. The molecule has 0 aliphatic carbocycles. The lowest BCUT2D eigenvalue weighted by Crippen LogP contribution is -2.16. The Morgan fingerprint density at radius 2 is 1.65 bits per heavy atom. The van der Waals surface area contributed by atoms with Gasteiger partial charge >= 0.3 is 6.36 Å². The molecule has 0 unspecified atom stereocenters. The zero-order valence-corrected chi connectivity index (χ0v) is 20.8. The van der Waals surface area contributed by atoms with Crippen LogP contribution >= 0.6 is 11.3 Å². The van der Waals surface area contributed by atoms with Crippen LogP contribution in [-0.4, -0.2) is 22.9 Å². The van der Waals surface area contributed by atoms with Gasteiger partial charge in [-0.15, -0.1) is 24.5 Å². The maximum Gasteiger partial charge on any atom is 0.573 e. The molecule has 0 spiro atoms. The molecule has 37 heavy (non-hydrogen) atoms. The Kier molecular flexibility index (Phi) is 7.14. The smallest absolute Gasteiger partial charge is 0.472 e. The van der Waals surface area contributed by atoms with Crippen LogP contribution in [0.1, 0.15) is 23.3 Å². The summed E-state index contributed by atoms with van der Waals surface area (Å²) in [4.78, 5) is 11.6. The molecule has 5 nitrogen and oxygen atoms in total. The highest BCUT2D eigenvalue weighted by Gasteiger charge is 2.30. The van der Waals surface area contributed by atoms with Crippen molar-refractivity contribution >= 4 is 27.4 Å². The van der Waals surface area contributed by atoms with Gasteiger partial charge in [0.15, 0.2) is 5.82 Å². The average Bonchev–Trinajstić information content (AvgIpc) is 3.53. The number of hydrogen-bond acceptors (Lipinski definition) is 6. The number of halogens is 3. The maximum absolute atomic E-state index is 12.3. The van der Waals surface area contributed by atoms with Gasteiger partial charge in [0.25, 0.3) is 0 Å². The number of aromatic nitrogens is 2. The second-order valence-electron chi connectivity index (χ2n) is 8.64. The first kappa shape index (κ1) is 24.8. The van der Waals surface area contributed by atoms with Crippen LogP contribution in [0.4, 0.5) is 19.0 Å². The summed E-state index contributed by atoms with van der Waals surface area (Å²) in [5.74, 6) is 1.26. The average molecular weight is 524 g/mol. The largest absolute Gasteiger partial charge is 0.573 e. The summed E-state index contributed by atoms with van der Waals surface area (Å²) in [5, 5.41) is 4.51. The fourth-order valence-electron chi connectivity index (χ4n) is 4.07. The van der Waals surface area contributed by atoms with Gasteiger partial charge in [-0.1, -0.05) is 36.4 Å². The summed E-state index contributed by atoms with van der Waals surface area (Å²) in [5.41, 5.74) is 3.84. The third kappa shape index (κ3) is 6.29. The van der Waals surface area contributed by atoms with E-state index in [1.165, 1.54) is 22.6 Å². The van der Waals surface area contributed by atoms with Crippen LogP contribution in [0.15, 0.2) is 77.6 Å². The van der Waals surface area contributed by atoms with Crippen molar-refractivity contribution in [3.05, 3.63) is 83.6 Å². The summed E-state index contributed by atoms with van der Waals surface area (Å²) >= 11 is 1.65. The fraction of sp³-hybridized carbons (Fsp3) is 0.214. The van der Waals surface area contributed by atoms with Crippen molar-refractivity contribution < 1.29 is 22.3 Å². The van der Waals surface area contributed by atoms with Gasteiger partial charge in [-0.05, 0) is 67.1 Å². The molecule has 0 amide bonds. The molecule has 3 aromatic heterocycles. The highest BCUT2D eigenvalue weighted by atomic mass is 32.1. The molecule has 0 saturated heterocycles. The van der Waals surface area contributed by atoms with Crippen LogP contribution in [-0.2, 0) is 6.42 Å². The van der Waals surface area contributed by atoms with Crippen molar-refractivity contribution in [1.82, 2.24) is 9.97 Å². The van der Waals surface area contributed by atoms with Crippen molar-refractivity contribution in [1.29, 1.82) is 0 Å². The zero-order chi connectivity index (χ0) is 25.8. The second-order valence-corrected chi connectivity index (χ2v) is 9.87. The molecule has 0 aliphatic rings. The number of hydrogen-bond donors (Lipinski definition) is 1. The Morgan fingerprint density at radius 1 is 0.919 bits per heavy atom. The topological polar surface area (TPSA) is 60.2 Å². The summed E-state index contributed by atoms with van der Waals surface area (Å²) in [7, 11) is 0. The van der Waals surface area contributed by atoms with Crippen molar-refractivity contribution in [2.75, 3.05) is 11.9 Å². The minimum Gasteiger partial charge on any atom is -0.472 e. The Bertz CT molecular complexity index is 1460. The molecule has 0 aliphatic heterocycles. The predicted molar refractivity (Wildman–Crippen MR) is 140 cm³/mol. The van der Waals surface area contributed by atoms with Crippen LogP contribution in [0.5, 0.6) is 5.75 Å². The van der Waals surface area contributed by atoms with Gasteiger partial charge in [-0.25, -0.2) is 9.97 Å². The van der Waals surface area contributed by atoms with Crippen LogP contribution in [0.2, 0.25) is 0 Å². The number of aryl methyl sites for hydroxylation is 2. The fourth-order valence-corrected chi connectivity index (χ4v) is 4.95. The van der Waals surface area contributed by atoms with Crippen LogP contribution < -0.4 is 10.1 Å². The molecule has 9 heteroatoms. The van der Waals surface area contributed by atoms with Crippen LogP contribution in [0.25, 0.3) is 32.7 Å². The first-order chi connectivity index (χ1) is 17.8. The molecular weight excluding hydrogens is 499 g/mol. The third-order valence-corrected chi connectivity index (χ3v) is 6.80. The van der Waals surface area contributed by atoms with Gasteiger partial charge in [-0.2, -0.15) is 0 Å². The quantitative estimate of drug-likeness (QED) is 0.197. The molecule has 3 heterocycles. The van der Waals surface area contributed by atoms with Crippen molar-refractivity contribution in [3.8, 4) is 28.3 Å². The van der Waals surface area contributed by atoms with Gasteiger partial charge in [0.05, 0.1) is 17.2 Å². The monoisotopic (exact) mass is 523 g/mol. The summed E-state index contributed by atoms with van der Waals surface area (Å²) in [6.45, 7) is 2.85. The number of furan rings is 1. The van der Waals surface area contributed by atoms with E-state index in [0.717, 1.165) is 58.5 Å². The number of ether oxygens (including phenoxy) is 1. The summed E-state index contributed by atoms with van der Waals surface area (Å²) < 4.78 is 46.2. The minimum absolute atomic E-state index is 0.226. The predicted octanol–water partition coefficient (Wildman–Crippen LogP) is 8.26. The van der Waals surface area contributed by atoms with Gasteiger partial charge in [0.1, 0.15) is 22.7 Å². The highest BCUT2D eigenvalue weighted by Crippen LogP contribution is 2.31. The number of fused-ring (bicyclic) bond motifs is 1. The number of alkyl halides is 3. The highest BCUT2D eigenvalue weighted by molar-refractivity contribution is 7.18. The van der Waals surface area contributed by atoms with Crippen LogP contribution in [0.3, 0.4) is 0 Å². The first-order valence-corrected chi connectivity index (χ1v) is 12.7. The number of nitrogens with one attached hydrogen (secondary N) is 1. The molecule has 0 saturated carbocycles.